The number of nitrogens with one attached hydrogen (secondary N) is 1. The van der Waals surface area contributed by atoms with Gasteiger partial charge in [-0.05, 0) is 55.3 Å². The second-order valence-corrected chi connectivity index (χ2v) is 8.64. The van der Waals surface area contributed by atoms with Crippen molar-refractivity contribution < 1.29 is 28.2 Å². The number of nitrogens with zero attached hydrogens (tertiary/aromatic N) is 1. The molecule has 2 heterocycles. The van der Waals surface area contributed by atoms with Gasteiger partial charge in [-0.3, -0.25) is 9.59 Å². The van der Waals surface area contributed by atoms with Gasteiger partial charge >= 0.3 is 5.97 Å². The maximum absolute atomic E-state index is 13.6. The van der Waals surface area contributed by atoms with Crippen molar-refractivity contribution in [1.82, 2.24) is 9.97 Å². The molecule has 36 heavy (non-hydrogen) atoms. The number of aryl methyl sites for hydroxylation is 1. The van der Waals surface area contributed by atoms with E-state index in [1.807, 2.05) is 0 Å². The average molecular weight is 511 g/mol. The summed E-state index contributed by atoms with van der Waals surface area (Å²) in [5.74, 6) is -0.605. The summed E-state index contributed by atoms with van der Waals surface area (Å²) in [6, 6.07) is 10.9. The second kappa shape index (κ2) is 11.1. The molecule has 0 spiro atoms. The molecule has 0 radical (unpaired) electrons. The topological polar surface area (TPSA) is 108 Å². The van der Waals surface area contributed by atoms with Crippen LogP contribution in [-0.4, -0.2) is 35.4 Å². The van der Waals surface area contributed by atoms with Crippen LogP contribution in [0.5, 0.6) is 11.5 Å². The first-order valence-electron chi connectivity index (χ1n) is 11.2. The summed E-state index contributed by atoms with van der Waals surface area (Å²) in [4.78, 5) is 44.6. The highest BCUT2D eigenvalue weighted by Crippen LogP contribution is 2.24. The highest BCUT2D eigenvalue weighted by molar-refractivity contribution is 7.16. The zero-order valence-electron chi connectivity index (χ0n) is 19.6. The van der Waals surface area contributed by atoms with Crippen molar-refractivity contribution in [2.75, 3.05) is 13.7 Å². The molecule has 0 saturated heterocycles. The largest absolute Gasteiger partial charge is 0.494 e. The fourth-order valence-electron chi connectivity index (χ4n) is 3.54. The summed E-state index contributed by atoms with van der Waals surface area (Å²) in [5, 5.41) is 2.13. The number of ketones is 1. The molecule has 2 aromatic carbocycles. The number of fused-ring (bicyclic) bond motifs is 1. The predicted molar refractivity (Wildman–Crippen MR) is 133 cm³/mol. The van der Waals surface area contributed by atoms with Crippen LogP contribution in [0.4, 0.5) is 4.39 Å². The van der Waals surface area contributed by atoms with Gasteiger partial charge in [-0.15, -0.1) is 11.3 Å². The Morgan fingerprint density at radius 2 is 1.92 bits per heavy atom. The summed E-state index contributed by atoms with van der Waals surface area (Å²) in [6.07, 6.45) is 0.433. The fraction of sp³-hybridized carbons (Fsp3) is 0.231. The van der Waals surface area contributed by atoms with Crippen LogP contribution in [0, 0.1) is 5.82 Å². The smallest absolute Gasteiger partial charge is 0.338 e. The third-order valence-corrected chi connectivity index (χ3v) is 6.32. The molecule has 0 aliphatic heterocycles. The quantitative estimate of drug-likeness (QED) is 0.243. The molecule has 0 saturated carbocycles. The number of carbonyl (C=O) groups excluding carboxylic acids is 2. The monoisotopic (exact) mass is 510 g/mol. The molecule has 4 aromatic rings. The number of esters is 1. The van der Waals surface area contributed by atoms with Gasteiger partial charge in [0.25, 0.3) is 5.56 Å². The summed E-state index contributed by atoms with van der Waals surface area (Å²) >= 11 is 1.24. The van der Waals surface area contributed by atoms with Gasteiger partial charge in [-0.2, -0.15) is 0 Å². The Hall–Kier alpha value is -4.05. The number of ether oxygens (including phenoxy) is 3. The third-order valence-electron chi connectivity index (χ3n) is 5.40. The summed E-state index contributed by atoms with van der Waals surface area (Å²) in [7, 11) is 1.37. The number of hydrogen-bond acceptors (Lipinski definition) is 8. The normalized spacial score (nSPS) is 10.9. The molecule has 0 amide bonds. The maximum Gasteiger partial charge on any atom is 0.338 e. The van der Waals surface area contributed by atoms with Gasteiger partial charge in [0, 0.05) is 17.4 Å². The Labute approximate surface area is 209 Å². The molecular formula is C26H23FN2O6S. The Morgan fingerprint density at radius 1 is 1.14 bits per heavy atom. The van der Waals surface area contributed by atoms with E-state index >= 15 is 0 Å². The molecule has 10 heteroatoms. The Balaban J connectivity index is 1.43. The van der Waals surface area contributed by atoms with Crippen molar-refractivity contribution in [2.24, 2.45) is 0 Å². The first-order chi connectivity index (χ1) is 17.4. The van der Waals surface area contributed by atoms with Gasteiger partial charge in [0.2, 0.25) is 0 Å². The number of thiophene rings is 1. The van der Waals surface area contributed by atoms with Gasteiger partial charge in [0.1, 0.15) is 17.2 Å². The summed E-state index contributed by atoms with van der Waals surface area (Å²) < 4.78 is 29.3. The van der Waals surface area contributed by atoms with Gasteiger partial charge < -0.3 is 19.2 Å². The minimum atomic E-state index is -0.477. The number of hydrogen-bond donors (Lipinski definition) is 1. The minimum absolute atomic E-state index is 0.0227. The van der Waals surface area contributed by atoms with E-state index in [0.717, 1.165) is 5.56 Å². The number of halogens is 1. The molecule has 0 unspecified atom stereocenters. The van der Waals surface area contributed by atoms with E-state index in [4.69, 9.17) is 14.2 Å². The van der Waals surface area contributed by atoms with Crippen LogP contribution in [0.25, 0.3) is 10.2 Å². The first-order valence-corrected chi connectivity index (χ1v) is 12.0. The number of Topliss-reactive ketones (excluding diaryl/α,β-unsaturated/α-hetero) is 1. The number of methoxy groups -OCH3 is 1. The van der Waals surface area contributed by atoms with Crippen LogP contribution >= 0.6 is 11.3 Å². The molecule has 2 aromatic heterocycles. The summed E-state index contributed by atoms with van der Waals surface area (Å²) in [5.41, 5.74) is 1.36. The lowest BCUT2D eigenvalue weighted by Crippen LogP contribution is -2.16. The highest BCUT2D eigenvalue weighted by Gasteiger charge is 2.16. The van der Waals surface area contributed by atoms with E-state index in [2.05, 4.69) is 9.97 Å². The van der Waals surface area contributed by atoms with Gasteiger partial charge in [-0.1, -0.05) is 6.07 Å². The van der Waals surface area contributed by atoms with E-state index in [1.54, 1.807) is 42.6 Å². The second-order valence-electron chi connectivity index (χ2n) is 7.78. The predicted octanol–water partition coefficient (Wildman–Crippen LogP) is 4.70. The van der Waals surface area contributed by atoms with Crippen molar-refractivity contribution in [3.8, 4) is 11.5 Å². The van der Waals surface area contributed by atoms with E-state index in [1.165, 1.54) is 30.6 Å². The number of aromatic nitrogens is 2. The van der Waals surface area contributed by atoms with Gasteiger partial charge in [0.05, 0.1) is 24.7 Å². The average Bonchev–Trinajstić information content (AvgIpc) is 3.30. The molecule has 8 nitrogen and oxygen atoms in total. The molecular weight excluding hydrogens is 487 g/mol. The number of rotatable bonds is 10. The van der Waals surface area contributed by atoms with Crippen LogP contribution < -0.4 is 15.0 Å². The van der Waals surface area contributed by atoms with Crippen molar-refractivity contribution >= 4 is 33.3 Å². The van der Waals surface area contributed by atoms with E-state index < -0.39 is 17.3 Å². The lowest BCUT2D eigenvalue weighted by atomic mass is 10.1. The number of carbonyl (C=O) groups is 2. The van der Waals surface area contributed by atoms with Gasteiger partial charge in [0.15, 0.2) is 23.2 Å². The Kier molecular flexibility index (Phi) is 7.74. The van der Waals surface area contributed by atoms with Crippen LogP contribution in [0.1, 0.15) is 45.4 Å². The number of benzene rings is 2. The van der Waals surface area contributed by atoms with Crippen molar-refractivity contribution in [3.63, 3.8) is 0 Å². The van der Waals surface area contributed by atoms with E-state index in [9.17, 15) is 18.8 Å². The zero-order valence-corrected chi connectivity index (χ0v) is 20.4. The summed E-state index contributed by atoms with van der Waals surface area (Å²) in [6.45, 7) is 2.15. The Bertz CT molecular complexity index is 1460. The molecule has 186 valence electrons. The maximum atomic E-state index is 13.6. The lowest BCUT2D eigenvalue weighted by Gasteiger charge is -2.07. The fourth-order valence-corrected chi connectivity index (χ4v) is 4.47. The van der Waals surface area contributed by atoms with Crippen LogP contribution in [-0.2, 0) is 17.8 Å². The molecule has 0 fully saturated rings. The molecule has 4 rings (SSSR count). The Morgan fingerprint density at radius 3 is 2.64 bits per heavy atom. The molecule has 1 N–H and O–H groups in total. The first kappa shape index (κ1) is 25.1. The van der Waals surface area contributed by atoms with Crippen molar-refractivity contribution in [2.45, 2.75) is 26.4 Å². The number of aromatic amines is 1. The SMILES string of the molecule is CCOC(=O)c1ccc(OCc2csc3nc(C(=O)CCc4ccc(F)c(OC)c4)[nH]c(=O)c23)cc1. The van der Waals surface area contributed by atoms with Crippen LogP contribution in [0.3, 0.4) is 0 Å². The van der Waals surface area contributed by atoms with Crippen LogP contribution in [0.2, 0.25) is 0 Å². The molecule has 0 aliphatic rings. The standard InChI is InChI=1S/C26H23FN2O6S/c1-3-34-26(32)16-6-8-18(9-7-16)35-13-17-14-36-25-22(17)24(31)28-23(29-25)20(30)11-5-15-4-10-19(27)21(12-15)33-2/h4,6-10,12,14H,3,5,11,13H2,1-2H3,(H,28,29,31). The van der Waals surface area contributed by atoms with E-state index in [-0.39, 0.29) is 30.4 Å². The van der Waals surface area contributed by atoms with E-state index in [0.29, 0.717) is 40.1 Å². The van der Waals surface area contributed by atoms with Crippen molar-refractivity contribution in [1.29, 1.82) is 0 Å². The number of H-pyrrole nitrogens is 1. The van der Waals surface area contributed by atoms with Crippen LogP contribution in [0.15, 0.2) is 52.6 Å². The molecule has 0 atom stereocenters. The zero-order chi connectivity index (χ0) is 25.7. The molecule has 0 aliphatic carbocycles. The minimum Gasteiger partial charge on any atom is -0.494 e. The third kappa shape index (κ3) is 5.60. The molecule has 0 bridgehead atoms. The highest BCUT2D eigenvalue weighted by atomic mass is 32.1. The van der Waals surface area contributed by atoms with Crippen molar-refractivity contribution in [3.05, 3.63) is 86.5 Å². The van der Waals surface area contributed by atoms with Gasteiger partial charge in [-0.25, -0.2) is 14.2 Å². The lowest BCUT2D eigenvalue weighted by molar-refractivity contribution is 0.0526.